The van der Waals surface area contributed by atoms with E-state index in [0.717, 1.165) is 27.9 Å². The zero-order chi connectivity index (χ0) is 21.7. The summed E-state index contributed by atoms with van der Waals surface area (Å²) in [4.78, 5) is 15.4. The molecular formula is C25H18ClN3O3. The second kappa shape index (κ2) is 7.43. The first-order valence-corrected chi connectivity index (χ1v) is 10.7. The van der Waals surface area contributed by atoms with Crippen molar-refractivity contribution in [2.45, 2.75) is 12.6 Å². The summed E-state index contributed by atoms with van der Waals surface area (Å²) >= 11 is 6.62. The number of benzene rings is 3. The zero-order valence-electron chi connectivity index (χ0n) is 16.9. The second-order valence-corrected chi connectivity index (χ2v) is 8.18. The molecule has 0 aliphatic carbocycles. The number of hydrogen-bond donors (Lipinski definition) is 1. The van der Waals surface area contributed by atoms with Crippen LogP contribution in [0.4, 0.5) is 0 Å². The molecule has 1 aromatic heterocycles. The average Bonchev–Trinajstić information content (AvgIpc) is 3.52. The van der Waals surface area contributed by atoms with Crippen LogP contribution in [0.3, 0.4) is 0 Å². The highest BCUT2D eigenvalue weighted by atomic mass is 35.5. The Balaban J connectivity index is 1.48. The molecule has 158 valence electrons. The summed E-state index contributed by atoms with van der Waals surface area (Å²) in [6, 6.07) is 22.9. The number of aromatic amines is 1. The number of carbonyl (C=O) groups excluding carboxylic acids is 1. The molecule has 0 bridgehead atoms. The fourth-order valence-electron chi connectivity index (χ4n) is 4.43. The van der Waals surface area contributed by atoms with Crippen LogP contribution in [-0.4, -0.2) is 27.8 Å². The highest BCUT2D eigenvalue weighted by Crippen LogP contribution is 2.45. The summed E-state index contributed by atoms with van der Waals surface area (Å²) in [5, 5.41) is 8.09. The molecule has 32 heavy (non-hydrogen) atoms. The van der Waals surface area contributed by atoms with Crippen LogP contribution in [0.5, 0.6) is 11.5 Å². The summed E-state index contributed by atoms with van der Waals surface area (Å²) in [5.74, 6) is 1.29. The van der Waals surface area contributed by atoms with Gasteiger partial charge in [-0.2, -0.15) is 5.10 Å². The maximum atomic E-state index is 13.5. The summed E-state index contributed by atoms with van der Waals surface area (Å²) in [6.45, 7) is 0.600. The summed E-state index contributed by atoms with van der Waals surface area (Å²) < 4.78 is 10.9. The minimum Gasteiger partial charge on any atom is -0.454 e. The van der Waals surface area contributed by atoms with E-state index in [4.69, 9.17) is 21.1 Å². The van der Waals surface area contributed by atoms with Gasteiger partial charge >= 0.3 is 0 Å². The first-order valence-electron chi connectivity index (χ1n) is 10.3. The van der Waals surface area contributed by atoms with Crippen LogP contribution < -0.4 is 9.47 Å². The van der Waals surface area contributed by atoms with Crippen molar-refractivity contribution in [3.05, 3.63) is 100 Å². The molecule has 6 nitrogen and oxygen atoms in total. The van der Waals surface area contributed by atoms with Crippen LogP contribution in [0.2, 0.25) is 5.02 Å². The van der Waals surface area contributed by atoms with Crippen LogP contribution in [0.25, 0.3) is 11.3 Å². The lowest BCUT2D eigenvalue weighted by Crippen LogP contribution is -2.29. The molecular weight excluding hydrogens is 426 g/mol. The number of aromatic nitrogens is 2. The van der Waals surface area contributed by atoms with E-state index in [1.165, 1.54) is 0 Å². The molecule has 6 rings (SSSR count). The predicted octanol–water partition coefficient (Wildman–Crippen LogP) is 5.20. The first kappa shape index (κ1) is 19.0. The Morgan fingerprint density at radius 2 is 1.78 bits per heavy atom. The van der Waals surface area contributed by atoms with Crippen molar-refractivity contribution in [2.75, 3.05) is 6.79 Å². The molecule has 2 aliphatic rings. The third kappa shape index (κ3) is 2.95. The van der Waals surface area contributed by atoms with Crippen LogP contribution >= 0.6 is 11.6 Å². The first-order chi connectivity index (χ1) is 15.7. The topological polar surface area (TPSA) is 67.5 Å². The number of amides is 1. The van der Waals surface area contributed by atoms with Crippen molar-refractivity contribution >= 4 is 17.5 Å². The quantitative estimate of drug-likeness (QED) is 0.470. The minimum atomic E-state index is -0.370. The third-order valence-electron chi connectivity index (χ3n) is 5.90. The molecule has 1 N–H and O–H groups in total. The molecule has 1 unspecified atom stereocenters. The molecule has 0 fully saturated rings. The highest BCUT2D eigenvalue weighted by molar-refractivity contribution is 6.31. The largest absolute Gasteiger partial charge is 0.454 e. The van der Waals surface area contributed by atoms with E-state index in [1.54, 1.807) is 0 Å². The van der Waals surface area contributed by atoms with Gasteiger partial charge in [0.2, 0.25) is 6.79 Å². The normalized spacial score (nSPS) is 16.5. The zero-order valence-corrected chi connectivity index (χ0v) is 17.7. The smallest absolute Gasteiger partial charge is 0.273 e. The number of H-pyrrole nitrogens is 1. The molecule has 0 saturated carbocycles. The van der Waals surface area contributed by atoms with E-state index in [0.29, 0.717) is 28.8 Å². The Bertz CT molecular complexity index is 1340. The van der Waals surface area contributed by atoms with E-state index in [1.807, 2.05) is 77.7 Å². The third-order valence-corrected chi connectivity index (χ3v) is 6.24. The van der Waals surface area contributed by atoms with Crippen LogP contribution in [0.1, 0.15) is 33.2 Å². The van der Waals surface area contributed by atoms with Crippen LogP contribution in [-0.2, 0) is 6.54 Å². The van der Waals surface area contributed by atoms with Crippen molar-refractivity contribution in [3.63, 3.8) is 0 Å². The van der Waals surface area contributed by atoms with Crippen molar-refractivity contribution in [1.29, 1.82) is 0 Å². The molecule has 3 aromatic carbocycles. The molecule has 0 radical (unpaired) electrons. The Labute approximate surface area is 189 Å². The predicted molar refractivity (Wildman–Crippen MR) is 120 cm³/mol. The second-order valence-electron chi connectivity index (χ2n) is 7.77. The van der Waals surface area contributed by atoms with Crippen molar-refractivity contribution < 1.29 is 14.3 Å². The van der Waals surface area contributed by atoms with Crippen molar-refractivity contribution in [1.82, 2.24) is 15.1 Å². The van der Waals surface area contributed by atoms with E-state index in [-0.39, 0.29) is 18.7 Å². The van der Waals surface area contributed by atoms with E-state index in [9.17, 15) is 4.79 Å². The number of nitrogens with one attached hydrogen (secondary N) is 1. The van der Waals surface area contributed by atoms with Crippen LogP contribution in [0.15, 0.2) is 72.8 Å². The Morgan fingerprint density at radius 1 is 1.00 bits per heavy atom. The minimum absolute atomic E-state index is 0.114. The number of hydrogen-bond acceptors (Lipinski definition) is 4. The van der Waals surface area contributed by atoms with Crippen molar-refractivity contribution in [3.8, 4) is 22.8 Å². The molecule has 1 atom stereocenters. The van der Waals surface area contributed by atoms with Gasteiger partial charge in [-0.1, -0.05) is 66.2 Å². The van der Waals surface area contributed by atoms with Gasteiger partial charge in [-0.25, -0.2) is 0 Å². The van der Waals surface area contributed by atoms with E-state index >= 15 is 0 Å². The highest BCUT2D eigenvalue weighted by Gasteiger charge is 2.43. The van der Waals surface area contributed by atoms with Gasteiger partial charge in [-0.05, 0) is 29.3 Å². The lowest BCUT2D eigenvalue weighted by molar-refractivity contribution is 0.0730. The number of nitrogens with zero attached hydrogens (tertiary/aromatic N) is 2. The fourth-order valence-corrected chi connectivity index (χ4v) is 4.67. The van der Waals surface area contributed by atoms with Gasteiger partial charge in [0.25, 0.3) is 5.91 Å². The molecule has 1 amide bonds. The molecule has 2 aliphatic heterocycles. The fraction of sp³-hybridized carbons (Fsp3) is 0.120. The Morgan fingerprint density at radius 3 is 2.62 bits per heavy atom. The molecule has 4 aromatic rings. The average molecular weight is 444 g/mol. The van der Waals surface area contributed by atoms with Gasteiger partial charge in [0.05, 0.1) is 11.7 Å². The van der Waals surface area contributed by atoms with Gasteiger partial charge in [0, 0.05) is 22.7 Å². The lowest BCUT2D eigenvalue weighted by atomic mass is 9.96. The molecule has 0 spiro atoms. The number of carbonyl (C=O) groups is 1. The molecule has 7 heteroatoms. The van der Waals surface area contributed by atoms with Gasteiger partial charge < -0.3 is 14.4 Å². The van der Waals surface area contributed by atoms with Gasteiger partial charge in [-0.3, -0.25) is 9.89 Å². The maximum absolute atomic E-state index is 13.5. The van der Waals surface area contributed by atoms with Crippen LogP contribution in [0, 0.1) is 0 Å². The number of ether oxygens (including phenoxy) is 2. The van der Waals surface area contributed by atoms with E-state index in [2.05, 4.69) is 10.2 Å². The maximum Gasteiger partial charge on any atom is 0.273 e. The number of fused-ring (bicyclic) bond motifs is 2. The SMILES string of the molecule is O=C1c2[nH]nc(-c3ccccc3)c2C(c2ccccc2Cl)N1Cc1ccc2c(c1)OCO2. The monoisotopic (exact) mass is 443 g/mol. The van der Waals surface area contributed by atoms with Gasteiger partial charge in [-0.15, -0.1) is 0 Å². The Hall–Kier alpha value is -3.77. The van der Waals surface area contributed by atoms with Gasteiger partial charge in [0.15, 0.2) is 11.5 Å². The molecule has 0 saturated heterocycles. The lowest BCUT2D eigenvalue weighted by Gasteiger charge is -2.27. The van der Waals surface area contributed by atoms with E-state index < -0.39 is 0 Å². The standard InChI is InChI=1S/C25H18ClN3O3/c26-18-9-5-4-8-17(18)24-21-22(16-6-2-1-3-7-16)27-28-23(21)25(30)29(24)13-15-10-11-19-20(12-15)32-14-31-19/h1-12,24H,13-14H2,(H,27,28). The summed E-state index contributed by atoms with van der Waals surface area (Å²) in [5.41, 5.74) is 4.84. The summed E-state index contributed by atoms with van der Waals surface area (Å²) in [7, 11) is 0. The number of rotatable bonds is 4. The number of halogens is 1. The summed E-state index contributed by atoms with van der Waals surface area (Å²) in [6.07, 6.45) is 0. The van der Waals surface area contributed by atoms with Crippen molar-refractivity contribution in [2.24, 2.45) is 0 Å². The Kier molecular flexibility index (Phi) is 4.40. The van der Waals surface area contributed by atoms with Gasteiger partial charge in [0.1, 0.15) is 5.69 Å². The molecule has 3 heterocycles.